The molecule has 0 aliphatic rings. The maximum absolute atomic E-state index is 11.3. The van der Waals surface area contributed by atoms with Crippen LogP contribution in [-0.4, -0.2) is 77.4 Å². The van der Waals surface area contributed by atoms with Crippen LogP contribution in [0.3, 0.4) is 0 Å². The number of aliphatic hydroxyl groups excluding tert-OH is 1. The Labute approximate surface area is 330 Å². The number of hydrogen-bond donors (Lipinski definition) is 8. The molecular formula is C31H45BCl3N13O5P. The Morgan fingerprint density at radius 1 is 1.02 bits per heavy atom. The largest absolute Gasteiger partial charge is 0.464 e. The summed E-state index contributed by atoms with van der Waals surface area (Å²) in [4.78, 5) is 49.1. The summed E-state index contributed by atoms with van der Waals surface area (Å²) < 4.78 is 13.6. The van der Waals surface area contributed by atoms with Crippen molar-refractivity contribution in [2.24, 2.45) is 5.73 Å². The van der Waals surface area contributed by atoms with Crippen LogP contribution in [-0.2, 0) is 9.30 Å². The quantitative estimate of drug-likeness (QED) is 0.0276. The van der Waals surface area contributed by atoms with Gasteiger partial charge in [0.25, 0.3) is 5.56 Å². The molecule has 5 aromatic rings. The highest BCUT2D eigenvalue weighted by Gasteiger charge is 2.13. The van der Waals surface area contributed by atoms with Gasteiger partial charge < -0.3 is 38.1 Å². The highest BCUT2D eigenvalue weighted by atomic mass is 35.5. The zero-order valence-electron chi connectivity index (χ0n) is 29.4. The minimum Gasteiger partial charge on any atom is -0.464 e. The van der Waals surface area contributed by atoms with Crippen molar-refractivity contribution in [1.82, 2.24) is 34.9 Å². The molecule has 0 aliphatic heterocycles. The van der Waals surface area contributed by atoms with Gasteiger partial charge in [-0.2, -0.15) is 16.4 Å². The Kier molecular flexibility index (Phi) is 25.4. The summed E-state index contributed by atoms with van der Waals surface area (Å²) in [5, 5.41) is 18.2. The first kappa shape index (κ1) is 51.2. The van der Waals surface area contributed by atoms with Gasteiger partial charge in [0, 0.05) is 18.6 Å². The van der Waals surface area contributed by atoms with E-state index in [1.165, 1.54) is 7.11 Å². The molecule has 0 aliphatic carbocycles. The molecule has 5 aromatic heterocycles. The molecule has 0 saturated carbocycles. The highest BCUT2D eigenvalue weighted by Crippen LogP contribution is 2.21. The Bertz CT molecular complexity index is 2000. The number of carbonyl (C=O) groups excluding carboxylic acids is 1. The molecule has 293 valence electrons. The van der Waals surface area contributed by atoms with Gasteiger partial charge in [0.1, 0.15) is 13.9 Å². The number of hydrogen-bond acceptors (Lipinski definition) is 16. The number of ether oxygens (including phenoxy) is 1. The van der Waals surface area contributed by atoms with Gasteiger partial charge in [-0.3, -0.25) is 24.7 Å². The standard InChI is InChI=1S/C13H19N5O.C8H8N4O.C8H10N2O2.CH3ClN2.CH4.BClOP.ClH/c1-3-4-9(7-19)16-12-11-10(17-13(14)18-12)5-8(2)6-15-11;1-4-2-5-6(10-3-4)7(13)12-8(9)11-5;1-5-3-6(9)7(10-4-5)8(11)12-2;2-1(3)4;;2-1-4-3;/h5-6,9,19H,3-4,7H2,1-2H3,(H3,14,16,17,18);2-3H,1H3,(H3,9,11,12,13);3-4H,9H2,1-2H3;(H3,3,4);1H4;;1H/t9-;;;;;;/m0....../s1. The molecule has 54 heavy (non-hydrogen) atoms. The van der Waals surface area contributed by atoms with E-state index >= 15 is 0 Å². The van der Waals surface area contributed by atoms with Gasteiger partial charge in [0.15, 0.2) is 22.3 Å². The number of aromatic nitrogens is 7. The van der Waals surface area contributed by atoms with E-state index in [4.69, 9.17) is 38.6 Å². The number of nitrogens with one attached hydrogen (secondary N) is 3. The predicted octanol–water partition coefficient (Wildman–Crippen LogP) is 4.68. The fraction of sp³-hybridized carbons (Fsp3) is 0.323. The lowest BCUT2D eigenvalue weighted by Crippen LogP contribution is -2.24. The number of esters is 1. The normalized spacial score (nSPS) is 10.1. The average Bonchev–Trinajstić information content (AvgIpc) is 3.07. The second-order valence-electron chi connectivity index (χ2n) is 10.4. The van der Waals surface area contributed by atoms with E-state index in [-0.39, 0.29) is 69.3 Å². The SMILES string of the molecule is C.CCC[C@@H](CO)Nc1nc(N)nc2cc(C)cnc12.COC(=O)c1ncc(C)cc1N.Cc1cnc2c(=O)[nH]c(N)nc2c1.Cl.N=C(N)Cl.O=P[B]Cl. The minimum atomic E-state index is -0.507. The number of carbonyl (C=O) groups is 1. The van der Waals surface area contributed by atoms with Gasteiger partial charge in [-0.25, -0.2) is 24.7 Å². The Balaban J connectivity index is 0. The Morgan fingerprint density at radius 2 is 1.52 bits per heavy atom. The highest BCUT2D eigenvalue weighted by molar-refractivity contribution is 7.70. The topological polar surface area (TPSA) is 314 Å². The third-order valence-electron chi connectivity index (χ3n) is 6.06. The third kappa shape index (κ3) is 18.2. The van der Waals surface area contributed by atoms with Crippen molar-refractivity contribution in [2.45, 2.75) is 54.0 Å². The van der Waals surface area contributed by atoms with Crippen molar-refractivity contribution in [1.29, 1.82) is 5.41 Å². The van der Waals surface area contributed by atoms with E-state index in [9.17, 15) is 14.7 Å². The molecular weight excluding hydrogens is 783 g/mol. The summed E-state index contributed by atoms with van der Waals surface area (Å²) >= 11 is 9.37. The molecule has 0 bridgehead atoms. The summed E-state index contributed by atoms with van der Waals surface area (Å²) in [5.41, 5.74) is 26.4. The molecule has 18 nitrogen and oxygen atoms in total. The molecule has 1 radical (unpaired) electrons. The minimum absolute atomic E-state index is 0. The van der Waals surface area contributed by atoms with Crippen LogP contribution >= 0.6 is 43.8 Å². The van der Waals surface area contributed by atoms with Crippen LogP contribution in [0.4, 0.5) is 23.4 Å². The number of nitrogens with zero attached hydrogens (tertiary/aromatic N) is 6. The summed E-state index contributed by atoms with van der Waals surface area (Å²) in [6.45, 7) is 7.80. The summed E-state index contributed by atoms with van der Waals surface area (Å²) in [7, 11) is 1.18. The van der Waals surface area contributed by atoms with Gasteiger partial charge in [-0.1, -0.05) is 20.8 Å². The molecule has 0 unspecified atom stereocenters. The zero-order chi connectivity index (χ0) is 39.4. The zero-order valence-corrected chi connectivity index (χ0v) is 32.6. The van der Waals surface area contributed by atoms with E-state index in [0.717, 1.165) is 35.9 Å². The van der Waals surface area contributed by atoms with E-state index < -0.39 is 5.97 Å². The lowest BCUT2D eigenvalue weighted by atomic mass is 10.2. The van der Waals surface area contributed by atoms with E-state index in [1.54, 1.807) is 30.7 Å². The fourth-order valence-corrected chi connectivity index (χ4v) is 4.00. The second-order valence-corrected chi connectivity index (χ2v) is 11.8. The number of amidine groups is 1. The molecule has 5 heterocycles. The molecule has 5 rings (SSSR count). The van der Waals surface area contributed by atoms with Crippen LogP contribution in [0.2, 0.25) is 0 Å². The second kappa shape index (κ2) is 26.8. The van der Waals surface area contributed by atoms with Crippen molar-refractivity contribution in [3.05, 3.63) is 69.5 Å². The molecule has 12 N–H and O–H groups in total. The van der Waals surface area contributed by atoms with E-state index in [2.05, 4.69) is 69.2 Å². The van der Waals surface area contributed by atoms with Crippen molar-refractivity contribution >= 4 is 107 Å². The molecule has 23 heteroatoms. The number of pyridine rings is 3. The number of halogens is 3. The number of anilines is 4. The molecule has 0 saturated heterocycles. The lowest BCUT2D eigenvalue weighted by Gasteiger charge is -2.17. The number of H-pyrrole nitrogens is 1. The molecule has 0 amide bonds. The number of aliphatic hydroxyl groups is 1. The molecule has 1 atom stereocenters. The van der Waals surface area contributed by atoms with Gasteiger partial charge in [-0.15, -0.1) is 12.4 Å². The third-order valence-corrected chi connectivity index (χ3v) is 6.38. The van der Waals surface area contributed by atoms with Gasteiger partial charge in [0.05, 0.1) is 36.5 Å². The number of nitrogens with two attached hydrogens (primary N) is 4. The average molecular weight is 828 g/mol. The predicted molar refractivity (Wildman–Crippen MR) is 221 cm³/mol. The number of fused-ring (bicyclic) bond motifs is 2. The number of aryl methyl sites for hydroxylation is 3. The fourth-order valence-electron chi connectivity index (χ4n) is 4.00. The van der Waals surface area contributed by atoms with Crippen LogP contribution in [0, 0.1) is 26.2 Å². The van der Waals surface area contributed by atoms with Crippen LogP contribution in [0.25, 0.3) is 22.1 Å². The van der Waals surface area contributed by atoms with Crippen LogP contribution < -0.4 is 33.8 Å². The van der Waals surface area contributed by atoms with Crippen molar-refractivity contribution in [3.8, 4) is 0 Å². The van der Waals surface area contributed by atoms with Gasteiger partial charge in [0.2, 0.25) is 11.9 Å². The van der Waals surface area contributed by atoms with E-state index in [1.807, 2.05) is 26.8 Å². The van der Waals surface area contributed by atoms with E-state index in [0.29, 0.717) is 33.6 Å². The summed E-state index contributed by atoms with van der Waals surface area (Å²) in [6, 6.07) is 5.32. The molecule has 0 spiro atoms. The maximum Gasteiger partial charge on any atom is 0.361 e. The van der Waals surface area contributed by atoms with Crippen LogP contribution in [0.5, 0.6) is 0 Å². The number of aromatic amines is 1. The van der Waals surface area contributed by atoms with Crippen molar-refractivity contribution < 1.29 is 19.2 Å². The van der Waals surface area contributed by atoms with Crippen LogP contribution in [0.15, 0.2) is 41.6 Å². The lowest BCUT2D eigenvalue weighted by molar-refractivity contribution is 0.0595. The van der Waals surface area contributed by atoms with Gasteiger partial charge >= 0.3 is 12.4 Å². The number of nitrogen functional groups attached to an aromatic ring is 3. The first-order valence-electron chi connectivity index (χ1n) is 15.0. The number of methoxy groups -OCH3 is 1. The first-order chi connectivity index (χ1) is 24.6. The summed E-state index contributed by atoms with van der Waals surface area (Å²) in [5.74, 6) is 0.392. The van der Waals surface area contributed by atoms with Crippen molar-refractivity contribution in [3.63, 3.8) is 0 Å². The summed E-state index contributed by atoms with van der Waals surface area (Å²) in [6.07, 6.45) is 7.80. The van der Waals surface area contributed by atoms with Gasteiger partial charge in [-0.05, 0) is 73.7 Å². The maximum atomic E-state index is 11.3. The monoisotopic (exact) mass is 826 g/mol. The molecule has 0 aromatic carbocycles. The Hall–Kier alpha value is -4.94. The van der Waals surface area contributed by atoms with Crippen molar-refractivity contribution in [2.75, 3.05) is 36.2 Å². The Morgan fingerprint density at radius 3 is 2.00 bits per heavy atom. The van der Waals surface area contributed by atoms with Crippen LogP contribution in [0.1, 0.15) is 54.4 Å². The first-order valence-corrected chi connectivity index (χ1v) is 16.7. The molecule has 0 fully saturated rings. The smallest absolute Gasteiger partial charge is 0.361 e. The number of rotatable bonds is 7.